The first-order chi connectivity index (χ1) is 10.1. The molecule has 1 N–H and O–H groups in total. The number of hydrogen-bond acceptors (Lipinski definition) is 3. The summed E-state index contributed by atoms with van der Waals surface area (Å²) >= 11 is 0. The fourth-order valence-corrected chi connectivity index (χ4v) is 2.75. The molecule has 0 bridgehead atoms. The molecule has 0 spiro atoms. The average molecular weight is 290 g/mol. The fraction of sp³-hybridized carbons (Fsp3) is 0.588. The Balaban J connectivity index is 1.60. The Bertz CT molecular complexity index is 468. The maximum absolute atomic E-state index is 11.6. The van der Waals surface area contributed by atoms with Gasteiger partial charge in [0, 0.05) is 13.1 Å². The van der Waals surface area contributed by atoms with Gasteiger partial charge in [-0.25, -0.2) is 4.79 Å². The summed E-state index contributed by atoms with van der Waals surface area (Å²) in [5.41, 5.74) is 3.82. The summed E-state index contributed by atoms with van der Waals surface area (Å²) in [6.45, 7) is 8.42. The second-order valence-electron chi connectivity index (χ2n) is 5.79. The molecule has 4 nitrogen and oxygen atoms in total. The van der Waals surface area contributed by atoms with Gasteiger partial charge in [0.25, 0.3) is 0 Å². The van der Waals surface area contributed by atoms with Gasteiger partial charge in [-0.3, -0.25) is 4.90 Å². The van der Waals surface area contributed by atoms with Crippen molar-refractivity contribution in [3.8, 4) is 0 Å². The van der Waals surface area contributed by atoms with Crippen LogP contribution >= 0.6 is 0 Å². The number of nitrogens with zero attached hydrogens (tertiary/aromatic N) is 1. The van der Waals surface area contributed by atoms with Crippen LogP contribution in [0.15, 0.2) is 18.2 Å². The quantitative estimate of drug-likeness (QED) is 0.876. The van der Waals surface area contributed by atoms with Crippen LogP contribution in [0.3, 0.4) is 0 Å². The Hall–Kier alpha value is -1.55. The molecule has 0 unspecified atom stereocenters. The molecule has 0 atom stereocenters. The van der Waals surface area contributed by atoms with E-state index < -0.39 is 0 Å². The first-order valence-electron chi connectivity index (χ1n) is 7.84. The highest BCUT2D eigenvalue weighted by Crippen LogP contribution is 2.10. The first kappa shape index (κ1) is 15.8. The summed E-state index contributed by atoms with van der Waals surface area (Å²) < 4.78 is 5.20. The molecule has 1 aliphatic rings. The van der Waals surface area contributed by atoms with Crippen LogP contribution < -0.4 is 5.32 Å². The van der Waals surface area contributed by atoms with Gasteiger partial charge in [0.05, 0.1) is 0 Å². The van der Waals surface area contributed by atoms with Gasteiger partial charge in [-0.05, 0) is 57.3 Å². The standard InChI is InChI=1S/C17H26N2O2/c1-14-5-6-16(15(2)13-14)7-8-18-17(20)21-12-11-19-9-3-4-10-19/h5-6,13H,3-4,7-12H2,1-2H3,(H,18,20). The first-order valence-corrected chi connectivity index (χ1v) is 7.84. The van der Waals surface area contributed by atoms with E-state index in [1.807, 2.05) is 0 Å². The predicted molar refractivity (Wildman–Crippen MR) is 84.6 cm³/mol. The number of aryl methyl sites for hydroxylation is 2. The van der Waals surface area contributed by atoms with E-state index in [-0.39, 0.29) is 6.09 Å². The van der Waals surface area contributed by atoms with E-state index in [2.05, 4.69) is 42.3 Å². The van der Waals surface area contributed by atoms with Crippen LogP contribution in [0.1, 0.15) is 29.5 Å². The molecule has 0 saturated carbocycles. The van der Waals surface area contributed by atoms with E-state index in [4.69, 9.17) is 4.74 Å². The molecule has 1 heterocycles. The molecule has 1 saturated heterocycles. The van der Waals surface area contributed by atoms with E-state index in [1.54, 1.807) is 0 Å². The molecular weight excluding hydrogens is 264 g/mol. The predicted octanol–water partition coefficient (Wildman–Crippen LogP) is 2.67. The zero-order valence-corrected chi connectivity index (χ0v) is 13.2. The van der Waals surface area contributed by atoms with Crippen LogP contribution in [-0.2, 0) is 11.2 Å². The van der Waals surface area contributed by atoms with Gasteiger partial charge < -0.3 is 10.1 Å². The minimum atomic E-state index is -0.307. The number of rotatable bonds is 6. The van der Waals surface area contributed by atoms with Gasteiger partial charge >= 0.3 is 6.09 Å². The maximum Gasteiger partial charge on any atom is 0.407 e. The van der Waals surface area contributed by atoms with Crippen LogP contribution in [0.4, 0.5) is 4.79 Å². The summed E-state index contributed by atoms with van der Waals surface area (Å²) in [5.74, 6) is 0. The lowest BCUT2D eigenvalue weighted by molar-refractivity contribution is 0.132. The van der Waals surface area contributed by atoms with Gasteiger partial charge in [-0.1, -0.05) is 23.8 Å². The number of amides is 1. The van der Waals surface area contributed by atoms with Crippen molar-refractivity contribution in [3.05, 3.63) is 34.9 Å². The van der Waals surface area contributed by atoms with Crippen molar-refractivity contribution in [2.45, 2.75) is 33.1 Å². The smallest absolute Gasteiger partial charge is 0.407 e. The summed E-state index contributed by atoms with van der Waals surface area (Å²) in [6, 6.07) is 6.41. The largest absolute Gasteiger partial charge is 0.448 e. The molecule has 4 heteroatoms. The Kier molecular flexibility index (Phi) is 6.05. The highest BCUT2D eigenvalue weighted by Gasteiger charge is 2.11. The molecule has 2 rings (SSSR count). The van der Waals surface area contributed by atoms with Gasteiger partial charge in [-0.15, -0.1) is 0 Å². The van der Waals surface area contributed by atoms with Crippen LogP contribution in [0.2, 0.25) is 0 Å². The summed E-state index contributed by atoms with van der Waals surface area (Å²) in [7, 11) is 0. The third-order valence-electron chi connectivity index (χ3n) is 4.00. The van der Waals surface area contributed by atoms with Gasteiger partial charge in [0.2, 0.25) is 0 Å². The van der Waals surface area contributed by atoms with Crippen molar-refractivity contribution in [1.29, 1.82) is 0 Å². The monoisotopic (exact) mass is 290 g/mol. The number of ether oxygens (including phenoxy) is 1. The number of likely N-dealkylation sites (tertiary alicyclic amines) is 1. The number of carbonyl (C=O) groups excluding carboxylic acids is 1. The molecular formula is C17H26N2O2. The number of carbonyl (C=O) groups is 1. The number of hydrogen-bond donors (Lipinski definition) is 1. The van der Waals surface area contributed by atoms with Gasteiger partial charge in [0.15, 0.2) is 0 Å². The highest BCUT2D eigenvalue weighted by atomic mass is 16.5. The van der Waals surface area contributed by atoms with Crippen molar-refractivity contribution < 1.29 is 9.53 Å². The van der Waals surface area contributed by atoms with Crippen molar-refractivity contribution >= 4 is 6.09 Å². The Morgan fingerprint density at radius 1 is 1.29 bits per heavy atom. The number of nitrogens with one attached hydrogen (secondary N) is 1. The van der Waals surface area contributed by atoms with E-state index in [0.29, 0.717) is 13.2 Å². The molecule has 21 heavy (non-hydrogen) atoms. The molecule has 1 amide bonds. The highest BCUT2D eigenvalue weighted by molar-refractivity contribution is 5.67. The number of benzene rings is 1. The Morgan fingerprint density at radius 3 is 2.76 bits per heavy atom. The molecule has 116 valence electrons. The third-order valence-corrected chi connectivity index (χ3v) is 4.00. The van der Waals surface area contributed by atoms with Crippen LogP contribution in [0.25, 0.3) is 0 Å². The second-order valence-corrected chi connectivity index (χ2v) is 5.79. The fourth-order valence-electron chi connectivity index (χ4n) is 2.75. The lowest BCUT2D eigenvalue weighted by Gasteiger charge is -2.14. The lowest BCUT2D eigenvalue weighted by Crippen LogP contribution is -2.30. The molecule has 1 aromatic rings. The van der Waals surface area contributed by atoms with Gasteiger partial charge in [0.1, 0.15) is 6.61 Å². The topological polar surface area (TPSA) is 41.6 Å². The van der Waals surface area contributed by atoms with Crippen molar-refractivity contribution in [1.82, 2.24) is 10.2 Å². The van der Waals surface area contributed by atoms with Crippen LogP contribution in [0.5, 0.6) is 0 Å². The summed E-state index contributed by atoms with van der Waals surface area (Å²) in [5, 5.41) is 2.82. The summed E-state index contributed by atoms with van der Waals surface area (Å²) in [4.78, 5) is 13.9. The second kappa shape index (κ2) is 8.03. The minimum absolute atomic E-state index is 0.307. The number of alkyl carbamates (subject to hydrolysis) is 1. The summed E-state index contributed by atoms with van der Waals surface area (Å²) in [6.07, 6.45) is 3.07. The van der Waals surface area contributed by atoms with Crippen LogP contribution in [-0.4, -0.2) is 43.8 Å². The molecule has 0 aliphatic carbocycles. The SMILES string of the molecule is Cc1ccc(CCNC(=O)OCCN2CCCC2)c(C)c1. The average Bonchev–Trinajstić information content (AvgIpc) is 2.94. The zero-order chi connectivity index (χ0) is 15.1. The van der Waals surface area contributed by atoms with E-state index in [9.17, 15) is 4.79 Å². The normalized spacial score (nSPS) is 15.1. The van der Waals surface area contributed by atoms with Gasteiger partial charge in [-0.2, -0.15) is 0 Å². The van der Waals surface area contributed by atoms with E-state index in [0.717, 1.165) is 26.1 Å². The van der Waals surface area contributed by atoms with E-state index in [1.165, 1.54) is 29.5 Å². The van der Waals surface area contributed by atoms with Crippen molar-refractivity contribution in [2.75, 3.05) is 32.8 Å². The molecule has 1 aliphatic heterocycles. The molecule has 1 aromatic carbocycles. The Morgan fingerprint density at radius 2 is 2.05 bits per heavy atom. The minimum Gasteiger partial charge on any atom is -0.448 e. The molecule has 0 radical (unpaired) electrons. The molecule has 0 aromatic heterocycles. The van der Waals surface area contributed by atoms with E-state index >= 15 is 0 Å². The van der Waals surface area contributed by atoms with Crippen molar-refractivity contribution in [2.24, 2.45) is 0 Å². The molecule has 1 fully saturated rings. The Labute approximate surface area is 127 Å². The van der Waals surface area contributed by atoms with Crippen LogP contribution in [0, 0.1) is 13.8 Å². The third kappa shape index (κ3) is 5.38. The lowest BCUT2D eigenvalue weighted by atomic mass is 10.0. The van der Waals surface area contributed by atoms with Crippen molar-refractivity contribution in [3.63, 3.8) is 0 Å². The maximum atomic E-state index is 11.6. The zero-order valence-electron chi connectivity index (χ0n) is 13.2.